The maximum absolute atomic E-state index is 11.4. The Morgan fingerprint density at radius 3 is 2.20 bits per heavy atom. The van der Waals surface area contributed by atoms with Gasteiger partial charge in [-0.05, 0) is 53.5 Å². The Bertz CT molecular complexity index is 1980. The van der Waals surface area contributed by atoms with Gasteiger partial charge in [-0.25, -0.2) is 0 Å². The number of hydrogen-bond acceptors (Lipinski definition) is 5. The second-order valence-corrected chi connectivity index (χ2v) is 13.1. The molecule has 4 aromatic carbocycles. The van der Waals surface area contributed by atoms with Gasteiger partial charge in [-0.1, -0.05) is 103 Å². The number of thioether (sulfide) groups is 1. The lowest BCUT2D eigenvalue weighted by Crippen LogP contribution is -2.36. The molecule has 0 atom stereocenters. The number of aryl methyl sites for hydroxylation is 1. The van der Waals surface area contributed by atoms with E-state index in [9.17, 15) is 13.0 Å². The summed E-state index contributed by atoms with van der Waals surface area (Å²) in [4.78, 5) is 3.57. The molecule has 0 saturated heterocycles. The first-order valence-electron chi connectivity index (χ1n) is 14.6. The highest BCUT2D eigenvalue weighted by atomic mass is 32.2. The first-order chi connectivity index (χ1) is 21.4. The molecule has 0 saturated carbocycles. The van der Waals surface area contributed by atoms with E-state index in [1.54, 1.807) is 11.8 Å². The number of nitrogens with zero attached hydrogens (tertiary/aromatic N) is 2. The Morgan fingerprint density at radius 2 is 1.52 bits per heavy atom. The second kappa shape index (κ2) is 13.1. The van der Waals surface area contributed by atoms with Crippen LogP contribution in [0.15, 0.2) is 136 Å². The van der Waals surface area contributed by atoms with Crippen molar-refractivity contribution in [2.75, 3.05) is 17.2 Å². The summed E-state index contributed by atoms with van der Waals surface area (Å²) in [5.41, 5.74) is 7.31. The predicted octanol–water partition coefficient (Wildman–Crippen LogP) is 8.38. The minimum Gasteiger partial charge on any atom is -0.398 e. The van der Waals surface area contributed by atoms with E-state index in [1.165, 1.54) is 21.7 Å². The van der Waals surface area contributed by atoms with Crippen LogP contribution in [0, 0.1) is 0 Å². The maximum Gasteiger partial charge on any atom is 0.374 e. The summed E-state index contributed by atoms with van der Waals surface area (Å²) in [5.74, 6) is 0.284. The number of aromatic nitrogens is 1. The smallest absolute Gasteiger partial charge is 0.374 e. The normalized spacial score (nSPS) is 14.4. The van der Waals surface area contributed by atoms with Crippen LogP contribution < -0.4 is 9.47 Å². The van der Waals surface area contributed by atoms with Crippen molar-refractivity contribution >= 4 is 44.7 Å². The van der Waals surface area contributed by atoms with E-state index >= 15 is 0 Å². The first kappa shape index (κ1) is 29.7. The average Bonchev–Trinajstić information content (AvgIpc) is 3.57. The number of rotatable bonds is 10. The molecule has 1 N–H and O–H groups in total. The number of fused-ring (bicyclic) bond motifs is 2. The monoisotopic (exact) mass is 621 g/mol. The molecule has 0 bridgehead atoms. The minimum absolute atomic E-state index is 0.257. The van der Waals surface area contributed by atoms with Crippen LogP contribution in [0.4, 0.5) is 5.69 Å². The van der Waals surface area contributed by atoms with Gasteiger partial charge in [0.1, 0.15) is 0 Å². The zero-order valence-corrected chi connectivity index (χ0v) is 26.0. The molecule has 44 heavy (non-hydrogen) atoms. The largest absolute Gasteiger partial charge is 0.398 e. The summed E-state index contributed by atoms with van der Waals surface area (Å²) in [6.45, 7) is 3.40. The molecular weight excluding hydrogens is 589 g/mol. The number of oxazole rings is 1. The van der Waals surface area contributed by atoms with E-state index in [0.29, 0.717) is 18.0 Å². The van der Waals surface area contributed by atoms with Crippen LogP contribution in [0.1, 0.15) is 19.2 Å². The van der Waals surface area contributed by atoms with Crippen LogP contribution in [0.3, 0.4) is 0 Å². The molecule has 0 aliphatic carbocycles. The molecule has 222 valence electrons. The van der Waals surface area contributed by atoms with E-state index in [-0.39, 0.29) is 12.2 Å². The first-order valence-corrected chi connectivity index (χ1v) is 17.0. The third-order valence-electron chi connectivity index (χ3n) is 7.47. The van der Waals surface area contributed by atoms with Crippen molar-refractivity contribution in [3.8, 4) is 22.3 Å². The standard InChI is InChI=1S/C36H32N2O4S2/c1-2-37-32-26-30(28-15-8-4-9-16-28)20-22-34(32)43-36(37)18-11-5-10-17-35-38(23-12-24-44(39,40)41)31-25-29(19-21-33(31)42-35)27-13-6-3-7-14-27/h3-11,13-22,25-26H,2,12,23-24H2,1H3/p+1. The van der Waals surface area contributed by atoms with Crippen molar-refractivity contribution in [2.24, 2.45) is 0 Å². The Morgan fingerprint density at radius 1 is 0.841 bits per heavy atom. The Labute approximate surface area is 262 Å². The summed E-state index contributed by atoms with van der Waals surface area (Å²) in [7, 11) is -4.06. The van der Waals surface area contributed by atoms with Crippen LogP contribution in [0.25, 0.3) is 39.4 Å². The molecule has 5 aromatic rings. The van der Waals surface area contributed by atoms with Gasteiger partial charge in [-0.15, -0.1) is 0 Å². The van der Waals surface area contributed by atoms with E-state index < -0.39 is 10.1 Å². The summed E-state index contributed by atoms with van der Waals surface area (Å²) in [6, 6.07) is 33.1. The Hall–Kier alpha value is -4.37. The van der Waals surface area contributed by atoms with Gasteiger partial charge in [-0.2, -0.15) is 13.0 Å². The van der Waals surface area contributed by atoms with Crippen LogP contribution in [0.5, 0.6) is 0 Å². The lowest BCUT2D eigenvalue weighted by molar-refractivity contribution is -0.677. The van der Waals surface area contributed by atoms with Gasteiger partial charge in [0.2, 0.25) is 5.58 Å². The minimum atomic E-state index is -4.06. The van der Waals surface area contributed by atoms with Crippen molar-refractivity contribution < 1.29 is 22.0 Å². The van der Waals surface area contributed by atoms with Gasteiger partial charge in [0, 0.05) is 23.9 Å². The molecule has 1 aromatic heterocycles. The highest BCUT2D eigenvalue weighted by Crippen LogP contribution is 2.47. The molecule has 1 aliphatic heterocycles. The molecule has 6 nitrogen and oxygen atoms in total. The number of anilines is 1. The van der Waals surface area contributed by atoms with Gasteiger partial charge in [0.05, 0.1) is 22.5 Å². The molecule has 0 radical (unpaired) electrons. The summed E-state index contributed by atoms with van der Waals surface area (Å²) < 4.78 is 40.2. The number of hydrogen-bond donors (Lipinski definition) is 1. The number of benzene rings is 4. The fourth-order valence-corrected chi connectivity index (χ4v) is 6.99. The van der Waals surface area contributed by atoms with E-state index in [2.05, 4.69) is 66.4 Å². The lowest BCUT2D eigenvalue weighted by Gasteiger charge is -2.18. The molecule has 0 unspecified atom stereocenters. The van der Waals surface area contributed by atoms with E-state index in [4.69, 9.17) is 4.42 Å². The molecule has 6 rings (SSSR count). The van der Waals surface area contributed by atoms with Gasteiger partial charge < -0.3 is 9.32 Å². The van der Waals surface area contributed by atoms with Crippen molar-refractivity contribution in [1.29, 1.82) is 0 Å². The van der Waals surface area contributed by atoms with Gasteiger partial charge in [0.15, 0.2) is 6.54 Å². The van der Waals surface area contributed by atoms with Crippen molar-refractivity contribution in [1.82, 2.24) is 0 Å². The second-order valence-electron chi connectivity index (χ2n) is 10.4. The van der Waals surface area contributed by atoms with E-state index in [1.807, 2.05) is 77.4 Å². The van der Waals surface area contributed by atoms with Crippen molar-refractivity contribution in [3.05, 3.63) is 132 Å². The molecule has 0 spiro atoms. The molecule has 0 amide bonds. The molecule has 8 heteroatoms. The fourth-order valence-electron chi connectivity index (χ4n) is 5.37. The molecule has 0 fully saturated rings. The number of allylic oxidation sites excluding steroid dienone is 4. The lowest BCUT2D eigenvalue weighted by atomic mass is 10.0. The van der Waals surface area contributed by atoms with Crippen molar-refractivity contribution in [3.63, 3.8) is 0 Å². The molecule has 2 heterocycles. The third kappa shape index (κ3) is 6.73. The zero-order chi connectivity index (χ0) is 30.5. The Kier molecular flexibility index (Phi) is 8.84. The highest BCUT2D eigenvalue weighted by Gasteiger charge is 2.24. The fraction of sp³-hybridized carbons (Fsp3) is 0.139. The summed E-state index contributed by atoms with van der Waals surface area (Å²) >= 11 is 1.76. The zero-order valence-electron chi connectivity index (χ0n) is 24.3. The topological polar surface area (TPSA) is 74.6 Å². The quantitative estimate of drug-likeness (QED) is 0.0960. The summed E-state index contributed by atoms with van der Waals surface area (Å²) in [6.07, 6.45) is 10.2. The third-order valence-corrected chi connectivity index (χ3v) is 9.41. The van der Waals surface area contributed by atoms with Gasteiger partial charge in [0.25, 0.3) is 15.6 Å². The van der Waals surface area contributed by atoms with Gasteiger partial charge in [-0.3, -0.25) is 4.55 Å². The predicted molar refractivity (Wildman–Crippen MR) is 180 cm³/mol. The average molecular weight is 622 g/mol. The van der Waals surface area contributed by atoms with Crippen LogP contribution in [-0.4, -0.2) is 25.3 Å². The Balaban J connectivity index is 1.23. The maximum atomic E-state index is 11.4. The van der Waals surface area contributed by atoms with Crippen LogP contribution in [0.2, 0.25) is 0 Å². The van der Waals surface area contributed by atoms with Crippen LogP contribution in [-0.2, 0) is 16.7 Å². The highest BCUT2D eigenvalue weighted by molar-refractivity contribution is 8.03. The molecular formula is C36H33N2O4S2+. The summed E-state index contributed by atoms with van der Waals surface area (Å²) in [5, 5.41) is 1.16. The van der Waals surface area contributed by atoms with E-state index in [0.717, 1.165) is 28.2 Å². The molecule has 1 aliphatic rings. The SMILES string of the molecule is CCN1C(=CC=CC=Cc2oc3ccc(-c4ccccc4)cc3[n+]2CCCS(=O)(=O)O)Sc2ccc(-c3ccccc3)cc21. The van der Waals surface area contributed by atoms with Crippen molar-refractivity contribution in [2.45, 2.75) is 24.8 Å². The van der Waals surface area contributed by atoms with Crippen LogP contribution >= 0.6 is 11.8 Å². The van der Waals surface area contributed by atoms with Gasteiger partial charge >= 0.3 is 5.89 Å².